The van der Waals surface area contributed by atoms with E-state index in [9.17, 15) is 4.79 Å². The fourth-order valence-electron chi connectivity index (χ4n) is 1.69. The molecule has 0 aliphatic rings. The molecule has 0 atom stereocenters. The molecule has 1 aromatic carbocycles. The van der Waals surface area contributed by atoms with Gasteiger partial charge in [-0.3, -0.25) is 4.79 Å². The molecule has 0 unspecified atom stereocenters. The molecule has 1 aromatic heterocycles. The molecule has 6 heteroatoms. The number of nitrogens with two attached hydrogens (primary N) is 1. The van der Waals surface area contributed by atoms with Gasteiger partial charge in [-0.1, -0.05) is 34.1 Å². The maximum Gasteiger partial charge on any atom is 0.327 e. The van der Waals surface area contributed by atoms with Gasteiger partial charge in [-0.25, -0.2) is 4.68 Å². The normalized spacial score (nSPS) is 10.4. The Hall–Kier alpha value is -1.82. The number of esters is 1. The SMILES string of the molecule is CCOC(=O)Cn1nc(-c2ccccc2Br)cc1N. The Kier molecular flexibility index (Phi) is 4.21. The van der Waals surface area contributed by atoms with E-state index in [0.717, 1.165) is 10.0 Å². The van der Waals surface area contributed by atoms with Crippen molar-refractivity contribution >= 4 is 27.7 Å². The summed E-state index contributed by atoms with van der Waals surface area (Å²) in [5.41, 5.74) is 7.50. The molecule has 1 heterocycles. The topological polar surface area (TPSA) is 70.1 Å². The van der Waals surface area contributed by atoms with Crippen molar-refractivity contribution in [2.45, 2.75) is 13.5 Å². The van der Waals surface area contributed by atoms with Gasteiger partial charge in [0.05, 0.1) is 12.3 Å². The van der Waals surface area contributed by atoms with E-state index in [-0.39, 0.29) is 12.5 Å². The highest BCUT2D eigenvalue weighted by Gasteiger charge is 2.12. The molecule has 0 spiro atoms. The third-order valence-electron chi connectivity index (χ3n) is 2.55. The van der Waals surface area contributed by atoms with Crippen molar-refractivity contribution in [2.75, 3.05) is 12.3 Å². The van der Waals surface area contributed by atoms with E-state index in [1.165, 1.54) is 4.68 Å². The molecular weight excluding hydrogens is 310 g/mol. The number of aromatic nitrogens is 2. The van der Waals surface area contributed by atoms with Crippen LogP contribution < -0.4 is 5.73 Å². The van der Waals surface area contributed by atoms with Gasteiger partial charge in [-0.2, -0.15) is 5.10 Å². The Bertz CT molecular complexity index is 595. The van der Waals surface area contributed by atoms with E-state index in [4.69, 9.17) is 10.5 Å². The standard InChI is InChI=1S/C13H14BrN3O2/c1-2-19-13(18)8-17-12(15)7-11(16-17)9-5-3-4-6-10(9)14/h3-7H,2,8,15H2,1H3. The van der Waals surface area contributed by atoms with Crippen molar-refractivity contribution in [3.05, 3.63) is 34.8 Å². The van der Waals surface area contributed by atoms with Gasteiger partial charge in [0.15, 0.2) is 0 Å². The molecular formula is C13H14BrN3O2. The summed E-state index contributed by atoms with van der Waals surface area (Å²) < 4.78 is 7.24. The van der Waals surface area contributed by atoms with Crippen LogP contribution in [-0.2, 0) is 16.1 Å². The van der Waals surface area contributed by atoms with E-state index >= 15 is 0 Å². The number of benzene rings is 1. The van der Waals surface area contributed by atoms with Crippen LogP contribution in [0.15, 0.2) is 34.8 Å². The quantitative estimate of drug-likeness (QED) is 0.877. The van der Waals surface area contributed by atoms with Crippen molar-refractivity contribution < 1.29 is 9.53 Å². The minimum atomic E-state index is -0.351. The first-order valence-corrected chi connectivity index (χ1v) is 6.65. The van der Waals surface area contributed by atoms with Crippen LogP contribution in [0.2, 0.25) is 0 Å². The summed E-state index contributed by atoms with van der Waals surface area (Å²) in [6, 6.07) is 9.43. The lowest BCUT2D eigenvalue weighted by Crippen LogP contribution is -2.16. The van der Waals surface area contributed by atoms with Crippen LogP contribution in [0.4, 0.5) is 5.82 Å². The molecule has 0 amide bonds. The molecule has 5 nitrogen and oxygen atoms in total. The highest BCUT2D eigenvalue weighted by Crippen LogP contribution is 2.27. The largest absolute Gasteiger partial charge is 0.465 e. The summed E-state index contributed by atoms with van der Waals surface area (Å²) in [6.45, 7) is 2.12. The van der Waals surface area contributed by atoms with Crippen LogP contribution in [0.3, 0.4) is 0 Å². The van der Waals surface area contributed by atoms with Crippen molar-refractivity contribution in [3.8, 4) is 11.3 Å². The molecule has 2 aromatic rings. The smallest absolute Gasteiger partial charge is 0.327 e. The predicted molar refractivity (Wildman–Crippen MR) is 76.4 cm³/mol. The maximum atomic E-state index is 11.4. The minimum Gasteiger partial charge on any atom is -0.465 e. The second kappa shape index (κ2) is 5.88. The zero-order valence-electron chi connectivity index (χ0n) is 10.5. The Labute approximate surface area is 119 Å². The van der Waals surface area contributed by atoms with Gasteiger partial charge in [0.2, 0.25) is 0 Å². The van der Waals surface area contributed by atoms with Crippen LogP contribution in [0.25, 0.3) is 11.3 Å². The van der Waals surface area contributed by atoms with Crippen LogP contribution in [0.5, 0.6) is 0 Å². The van der Waals surface area contributed by atoms with Crippen molar-refractivity contribution in [3.63, 3.8) is 0 Å². The molecule has 0 aliphatic heterocycles. The average molecular weight is 324 g/mol. The highest BCUT2D eigenvalue weighted by molar-refractivity contribution is 9.10. The first kappa shape index (κ1) is 13.6. The number of carbonyl (C=O) groups is 1. The average Bonchev–Trinajstić information content (AvgIpc) is 2.71. The highest BCUT2D eigenvalue weighted by atomic mass is 79.9. The van der Waals surface area contributed by atoms with Gasteiger partial charge in [-0.05, 0) is 13.0 Å². The lowest BCUT2D eigenvalue weighted by Gasteiger charge is -2.03. The fourth-order valence-corrected chi connectivity index (χ4v) is 2.18. The molecule has 2 N–H and O–H groups in total. The Morgan fingerprint density at radius 2 is 2.21 bits per heavy atom. The number of ether oxygens (including phenoxy) is 1. The summed E-state index contributed by atoms with van der Waals surface area (Å²) in [4.78, 5) is 11.4. The molecule has 19 heavy (non-hydrogen) atoms. The third kappa shape index (κ3) is 3.14. The molecule has 0 radical (unpaired) electrons. The monoisotopic (exact) mass is 323 g/mol. The Balaban J connectivity index is 2.26. The summed E-state index contributed by atoms with van der Waals surface area (Å²) in [5.74, 6) is 0.0785. The fraction of sp³-hybridized carbons (Fsp3) is 0.231. The molecule has 100 valence electrons. The van der Waals surface area contributed by atoms with E-state index in [0.29, 0.717) is 18.1 Å². The van der Waals surface area contributed by atoms with Gasteiger partial charge >= 0.3 is 5.97 Å². The minimum absolute atomic E-state index is 0.0180. The number of nitrogen functional groups attached to an aromatic ring is 1. The Morgan fingerprint density at radius 3 is 2.89 bits per heavy atom. The summed E-state index contributed by atoms with van der Waals surface area (Å²) in [7, 11) is 0. The van der Waals surface area contributed by atoms with Crippen LogP contribution in [0, 0.1) is 0 Å². The molecule has 0 fully saturated rings. The number of anilines is 1. The molecule has 0 saturated heterocycles. The maximum absolute atomic E-state index is 11.4. The summed E-state index contributed by atoms with van der Waals surface area (Å²) >= 11 is 3.46. The van der Waals surface area contributed by atoms with Crippen molar-refractivity contribution in [1.29, 1.82) is 0 Å². The number of carbonyl (C=O) groups excluding carboxylic acids is 1. The molecule has 0 aliphatic carbocycles. The van der Waals surface area contributed by atoms with E-state index in [2.05, 4.69) is 21.0 Å². The van der Waals surface area contributed by atoms with Gasteiger partial charge in [0.25, 0.3) is 0 Å². The van der Waals surface area contributed by atoms with E-state index in [1.54, 1.807) is 13.0 Å². The van der Waals surface area contributed by atoms with Gasteiger partial charge in [-0.15, -0.1) is 0 Å². The molecule has 0 saturated carbocycles. The van der Waals surface area contributed by atoms with Crippen LogP contribution in [0.1, 0.15) is 6.92 Å². The number of nitrogens with zero attached hydrogens (tertiary/aromatic N) is 2. The lowest BCUT2D eigenvalue weighted by atomic mass is 10.1. The predicted octanol–water partition coefficient (Wildman–Crippen LogP) is 2.46. The van der Waals surface area contributed by atoms with Crippen LogP contribution >= 0.6 is 15.9 Å². The zero-order chi connectivity index (χ0) is 13.8. The molecule has 0 bridgehead atoms. The second-order valence-electron chi connectivity index (χ2n) is 3.90. The van der Waals surface area contributed by atoms with E-state index in [1.807, 2.05) is 24.3 Å². The number of hydrogen-bond acceptors (Lipinski definition) is 4. The number of rotatable bonds is 4. The van der Waals surface area contributed by atoms with Crippen molar-refractivity contribution in [2.24, 2.45) is 0 Å². The van der Waals surface area contributed by atoms with Crippen molar-refractivity contribution in [1.82, 2.24) is 9.78 Å². The first-order valence-electron chi connectivity index (χ1n) is 5.85. The second-order valence-corrected chi connectivity index (χ2v) is 4.75. The number of hydrogen-bond donors (Lipinski definition) is 1. The first-order chi connectivity index (χ1) is 9.11. The summed E-state index contributed by atoms with van der Waals surface area (Å²) in [5, 5.41) is 4.32. The van der Waals surface area contributed by atoms with Gasteiger partial charge in [0.1, 0.15) is 12.4 Å². The van der Waals surface area contributed by atoms with Gasteiger partial charge in [0, 0.05) is 16.1 Å². The summed E-state index contributed by atoms with van der Waals surface area (Å²) in [6.07, 6.45) is 0. The number of halogens is 1. The van der Waals surface area contributed by atoms with Crippen LogP contribution in [-0.4, -0.2) is 22.4 Å². The molecule has 2 rings (SSSR count). The third-order valence-corrected chi connectivity index (χ3v) is 3.24. The van der Waals surface area contributed by atoms with E-state index < -0.39 is 0 Å². The lowest BCUT2D eigenvalue weighted by molar-refractivity contribution is -0.143. The zero-order valence-corrected chi connectivity index (χ0v) is 12.1. The Morgan fingerprint density at radius 1 is 1.47 bits per heavy atom. The van der Waals surface area contributed by atoms with Gasteiger partial charge < -0.3 is 10.5 Å².